The average Bonchev–Trinajstić information content (AvgIpc) is 2.61. The maximum atomic E-state index is 14.1. The van der Waals surface area contributed by atoms with Crippen LogP contribution in [0.4, 0.5) is 21.5 Å². The molecule has 1 aliphatic rings. The van der Waals surface area contributed by atoms with Crippen molar-refractivity contribution >= 4 is 26.9 Å². The maximum Gasteiger partial charge on any atom is 0.310 e. The smallest absolute Gasteiger partial charge is 0.310 e. The Kier molecular flexibility index (Phi) is 5.31. The van der Waals surface area contributed by atoms with Gasteiger partial charge in [0.05, 0.1) is 10.6 Å². The largest absolute Gasteiger partial charge is 0.375 e. The van der Waals surface area contributed by atoms with Crippen LogP contribution in [-0.2, 0) is 9.84 Å². The lowest BCUT2D eigenvalue weighted by Crippen LogP contribution is -2.42. The SMILES string of the molecule is CS(=O)(=O)c1cccc(NC2CCCN(c3ccccc3F)C2)c1[N+](=O)[O-]. The van der Waals surface area contributed by atoms with Crippen molar-refractivity contribution in [3.8, 4) is 0 Å². The average molecular weight is 393 g/mol. The molecule has 0 aromatic heterocycles. The highest BCUT2D eigenvalue weighted by atomic mass is 32.2. The fourth-order valence-electron chi connectivity index (χ4n) is 3.37. The highest BCUT2D eigenvalue weighted by molar-refractivity contribution is 7.90. The van der Waals surface area contributed by atoms with Crippen LogP contribution < -0.4 is 10.2 Å². The second-order valence-corrected chi connectivity index (χ2v) is 8.55. The number of hydrogen-bond donors (Lipinski definition) is 1. The van der Waals surface area contributed by atoms with Gasteiger partial charge in [0.1, 0.15) is 16.4 Å². The Morgan fingerprint density at radius 2 is 1.96 bits per heavy atom. The van der Waals surface area contributed by atoms with Gasteiger partial charge >= 0.3 is 5.69 Å². The van der Waals surface area contributed by atoms with Crippen LogP contribution in [0.5, 0.6) is 0 Å². The number of sulfone groups is 1. The van der Waals surface area contributed by atoms with Gasteiger partial charge < -0.3 is 10.2 Å². The number of rotatable bonds is 5. The van der Waals surface area contributed by atoms with Crippen molar-refractivity contribution in [3.05, 3.63) is 58.4 Å². The lowest BCUT2D eigenvalue weighted by molar-refractivity contribution is -0.386. The quantitative estimate of drug-likeness (QED) is 0.619. The molecule has 0 spiro atoms. The summed E-state index contributed by atoms with van der Waals surface area (Å²) in [5, 5.41) is 14.6. The van der Waals surface area contributed by atoms with Crippen molar-refractivity contribution in [3.63, 3.8) is 0 Å². The zero-order valence-corrected chi connectivity index (χ0v) is 15.6. The fraction of sp³-hybridized carbons (Fsp3) is 0.333. The van der Waals surface area contributed by atoms with Crippen molar-refractivity contribution in [2.24, 2.45) is 0 Å². The van der Waals surface area contributed by atoms with Crippen LogP contribution in [0.1, 0.15) is 12.8 Å². The Balaban J connectivity index is 1.87. The Morgan fingerprint density at radius 1 is 1.22 bits per heavy atom. The molecule has 1 N–H and O–H groups in total. The van der Waals surface area contributed by atoms with Gasteiger partial charge in [0, 0.05) is 25.4 Å². The second kappa shape index (κ2) is 7.51. The van der Waals surface area contributed by atoms with Gasteiger partial charge in [-0.3, -0.25) is 10.1 Å². The standard InChI is InChI=1S/C18H20FN3O4S/c1-27(25,26)17-10-4-8-15(18(17)22(23)24)20-13-6-5-11-21(12-13)16-9-3-2-7-14(16)19/h2-4,7-10,13,20H,5-6,11-12H2,1H3. The summed E-state index contributed by atoms with van der Waals surface area (Å²) in [6.45, 7) is 1.14. The molecule has 1 heterocycles. The number of benzene rings is 2. The van der Waals surface area contributed by atoms with E-state index < -0.39 is 20.4 Å². The molecule has 27 heavy (non-hydrogen) atoms. The molecule has 0 amide bonds. The molecule has 1 saturated heterocycles. The molecule has 1 unspecified atom stereocenters. The highest BCUT2D eigenvalue weighted by Crippen LogP contribution is 2.33. The summed E-state index contributed by atoms with van der Waals surface area (Å²) >= 11 is 0. The number of piperidine rings is 1. The molecule has 2 aromatic rings. The Hall–Kier alpha value is -2.68. The molecule has 0 saturated carbocycles. The van der Waals surface area contributed by atoms with Crippen LogP contribution in [0.2, 0.25) is 0 Å². The lowest BCUT2D eigenvalue weighted by atomic mass is 10.0. The van der Waals surface area contributed by atoms with Crippen LogP contribution in [0.25, 0.3) is 0 Å². The van der Waals surface area contributed by atoms with Gasteiger partial charge in [0.25, 0.3) is 0 Å². The van der Waals surface area contributed by atoms with E-state index in [1.54, 1.807) is 18.2 Å². The number of nitrogens with zero attached hydrogens (tertiary/aromatic N) is 2. The zero-order chi connectivity index (χ0) is 19.6. The van der Waals surface area contributed by atoms with E-state index in [0.717, 1.165) is 19.1 Å². The van der Waals surface area contributed by atoms with Gasteiger partial charge in [-0.1, -0.05) is 18.2 Å². The fourth-order valence-corrected chi connectivity index (χ4v) is 4.23. The summed E-state index contributed by atoms with van der Waals surface area (Å²) in [6, 6.07) is 10.5. The Morgan fingerprint density at radius 3 is 2.63 bits per heavy atom. The van der Waals surface area contributed by atoms with E-state index in [2.05, 4.69) is 5.32 Å². The first-order valence-corrected chi connectivity index (χ1v) is 10.4. The normalized spacial score (nSPS) is 17.6. The minimum atomic E-state index is -3.74. The van der Waals surface area contributed by atoms with E-state index in [4.69, 9.17) is 0 Å². The molecule has 3 rings (SSSR count). The monoisotopic (exact) mass is 393 g/mol. The van der Waals surface area contributed by atoms with E-state index in [0.29, 0.717) is 18.8 Å². The first kappa shape index (κ1) is 19.1. The zero-order valence-electron chi connectivity index (χ0n) is 14.8. The first-order chi connectivity index (χ1) is 12.8. The van der Waals surface area contributed by atoms with E-state index in [1.807, 2.05) is 4.90 Å². The Labute approximate surface area is 156 Å². The molecule has 0 radical (unpaired) electrons. The summed E-state index contributed by atoms with van der Waals surface area (Å²) in [5.74, 6) is -0.316. The van der Waals surface area contributed by atoms with Gasteiger partial charge in [-0.25, -0.2) is 12.8 Å². The van der Waals surface area contributed by atoms with Crippen molar-refractivity contribution < 1.29 is 17.7 Å². The maximum absolute atomic E-state index is 14.1. The number of hydrogen-bond acceptors (Lipinski definition) is 6. The predicted molar refractivity (Wildman–Crippen MR) is 101 cm³/mol. The van der Waals surface area contributed by atoms with Crippen LogP contribution in [-0.4, -0.2) is 38.7 Å². The summed E-state index contributed by atoms with van der Waals surface area (Å²) in [5.41, 5.74) is 0.190. The number of halogens is 1. The van der Waals surface area contributed by atoms with Gasteiger partial charge in [-0.15, -0.1) is 0 Å². The summed E-state index contributed by atoms with van der Waals surface area (Å²) in [7, 11) is -3.74. The summed E-state index contributed by atoms with van der Waals surface area (Å²) in [4.78, 5) is 12.4. The lowest BCUT2D eigenvalue weighted by Gasteiger charge is -2.35. The number of anilines is 2. The molecule has 1 fully saturated rings. The van der Waals surface area contributed by atoms with Crippen LogP contribution in [0.3, 0.4) is 0 Å². The van der Waals surface area contributed by atoms with Gasteiger partial charge in [0.2, 0.25) is 0 Å². The number of nitro groups is 1. The summed E-state index contributed by atoms with van der Waals surface area (Å²) < 4.78 is 37.9. The summed E-state index contributed by atoms with van der Waals surface area (Å²) in [6.07, 6.45) is 2.47. The van der Waals surface area contributed by atoms with E-state index >= 15 is 0 Å². The molecule has 144 valence electrons. The number of nitro benzene ring substituents is 1. The Bertz CT molecular complexity index is 965. The topological polar surface area (TPSA) is 92.6 Å². The third-order valence-corrected chi connectivity index (χ3v) is 5.68. The molecule has 0 bridgehead atoms. The first-order valence-electron chi connectivity index (χ1n) is 8.51. The third-order valence-electron chi connectivity index (χ3n) is 4.56. The van der Waals surface area contributed by atoms with Crippen molar-refractivity contribution in [1.29, 1.82) is 0 Å². The van der Waals surface area contributed by atoms with Crippen molar-refractivity contribution in [2.75, 3.05) is 29.6 Å². The van der Waals surface area contributed by atoms with Crippen molar-refractivity contribution in [1.82, 2.24) is 0 Å². The van der Waals surface area contributed by atoms with E-state index in [-0.39, 0.29) is 22.4 Å². The van der Waals surface area contributed by atoms with Crippen molar-refractivity contribution in [2.45, 2.75) is 23.8 Å². The van der Waals surface area contributed by atoms with E-state index in [1.165, 1.54) is 24.3 Å². The minimum absolute atomic E-state index is 0.156. The van der Waals surface area contributed by atoms with E-state index in [9.17, 15) is 22.9 Å². The van der Waals surface area contributed by atoms with Crippen LogP contribution in [0.15, 0.2) is 47.4 Å². The number of para-hydroxylation sites is 2. The van der Waals surface area contributed by atoms with Crippen LogP contribution in [0, 0.1) is 15.9 Å². The molecular weight excluding hydrogens is 373 g/mol. The highest BCUT2D eigenvalue weighted by Gasteiger charge is 2.29. The number of nitrogens with one attached hydrogen (secondary N) is 1. The van der Waals surface area contributed by atoms with Gasteiger partial charge in [0.15, 0.2) is 9.84 Å². The third kappa shape index (κ3) is 4.19. The van der Waals surface area contributed by atoms with Gasteiger partial charge in [-0.2, -0.15) is 0 Å². The van der Waals surface area contributed by atoms with Crippen LogP contribution >= 0.6 is 0 Å². The molecule has 1 aliphatic heterocycles. The molecule has 0 aliphatic carbocycles. The predicted octanol–water partition coefficient (Wildman–Crippen LogP) is 3.22. The van der Waals surface area contributed by atoms with Gasteiger partial charge in [-0.05, 0) is 37.1 Å². The molecule has 2 aromatic carbocycles. The minimum Gasteiger partial charge on any atom is -0.375 e. The molecule has 7 nitrogen and oxygen atoms in total. The second-order valence-electron chi connectivity index (χ2n) is 6.56. The molecular formula is C18H20FN3O4S. The molecule has 9 heteroatoms. The molecule has 1 atom stereocenters.